The lowest BCUT2D eigenvalue weighted by molar-refractivity contribution is -0.138. The van der Waals surface area contributed by atoms with E-state index < -0.39 is 0 Å². The van der Waals surface area contributed by atoms with Gasteiger partial charge in [0.05, 0.1) is 0 Å². The van der Waals surface area contributed by atoms with Crippen molar-refractivity contribution in [2.45, 2.75) is 65.6 Å². The molecule has 1 atom stereocenters. The highest BCUT2D eigenvalue weighted by molar-refractivity contribution is 5.76. The summed E-state index contributed by atoms with van der Waals surface area (Å²) in [5.74, 6) is 0.241. The third-order valence-corrected chi connectivity index (χ3v) is 3.36. The molecule has 1 aliphatic heterocycles. The maximum Gasteiger partial charge on any atom is 0.224 e. The largest absolute Gasteiger partial charge is 0.358 e. The Morgan fingerprint density at radius 2 is 2.06 bits per heavy atom. The topological polar surface area (TPSA) is 23.6 Å². The Hall–Kier alpha value is -0.990. The van der Waals surface area contributed by atoms with Gasteiger partial charge >= 0.3 is 0 Å². The third-order valence-electron chi connectivity index (χ3n) is 3.36. The Balaban J connectivity index is 2.75. The van der Waals surface area contributed by atoms with Crippen LogP contribution in [0.2, 0.25) is 0 Å². The van der Waals surface area contributed by atoms with Crippen LogP contribution in [0.15, 0.2) is 12.3 Å². The van der Waals surface area contributed by atoms with Gasteiger partial charge in [-0.3, -0.25) is 4.79 Å². The predicted molar refractivity (Wildman–Crippen MR) is 71.4 cm³/mol. The van der Waals surface area contributed by atoms with Gasteiger partial charge in [0.2, 0.25) is 5.91 Å². The molecule has 0 radical (unpaired) electrons. The van der Waals surface area contributed by atoms with E-state index in [-0.39, 0.29) is 18.1 Å². The summed E-state index contributed by atoms with van der Waals surface area (Å²) in [6.45, 7) is 9.29. The van der Waals surface area contributed by atoms with Gasteiger partial charge in [0.1, 0.15) is 6.17 Å². The molecule has 1 amide bonds. The molecule has 0 saturated heterocycles. The molecule has 0 bridgehead atoms. The molecule has 0 fully saturated rings. The van der Waals surface area contributed by atoms with Crippen LogP contribution in [0.25, 0.3) is 0 Å². The molecule has 1 heterocycles. The molecule has 0 aromatic rings. The number of nitrogens with zero attached hydrogens (tertiary/aromatic N) is 2. The highest BCUT2D eigenvalue weighted by atomic mass is 16.2. The molecule has 17 heavy (non-hydrogen) atoms. The van der Waals surface area contributed by atoms with Crippen molar-refractivity contribution in [3.8, 4) is 0 Å². The molecule has 0 aliphatic carbocycles. The molecule has 0 saturated carbocycles. The Labute approximate surface area is 105 Å². The van der Waals surface area contributed by atoms with E-state index in [1.807, 2.05) is 11.8 Å². The summed E-state index contributed by atoms with van der Waals surface area (Å²) in [4.78, 5) is 16.3. The molecule has 3 heteroatoms. The van der Waals surface area contributed by atoms with Crippen molar-refractivity contribution in [1.29, 1.82) is 0 Å². The van der Waals surface area contributed by atoms with Crippen LogP contribution in [0, 0.1) is 0 Å². The van der Waals surface area contributed by atoms with Crippen LogP contribution >= 0.6 is 0 Å². The Kier molecular flexibility index (Phi) is 5.52. The number of rotatable bonds is 4. The average molecular weight is 238 g/mol. The highest BCUT2D eigenvalue weighted by Gasteiger charge is 2.25. The molecular formula is C14H26N2O. The monoisotopic (exact) mass is 238 g/mol. The first-order chi connectivity index (χ1) is 8.07. The van der Waals surface area contributed by atoms with Crippen LogP contribution < -0.4 is 0 Å². The van der Waals surface area contributed by atoms with E-state index in [4.69, 9.17) is 0 Å². The molecule has 98 valence electrons. The number of amides is 1. The number of allylic oxidation sites excluding steroid dienone is 1. The Morgan fingerprint density at radius 1 is 1.35 bits per heavy atom. The van der Waals surface area contributed by atoms with E-state index in [1.165, 1.54) is 12.8 Å². The molecule has 0 N–H and O–H groups in total. The first-order valence-electron chi connectivity index (χ1n) is 6.81. The number of hydrogen-bond acceptors (Lipinski definition) is 2. The van der Waals surface area contributed by atoms with Crippen LogP contribution in [-0.2, 0) is 4.79 Å². The first kappa shape index (κ1) is 14.1. The van der Waals surface area contributed by atoms with E-state index in [1.54, 1.807) is 0 Å². The second-order valence-electron chi connectivity index (χ2n) is 5.00. The van der Waals surface area contributed by atoms with Crippen LogP contribution in [0.4, 0.5) is 0 Å². The van der Waals surface area contributed by atoms with Crippen LogP contribution in [0.5, 0.6) is 0 Å². The minimum Gasteiger partial charge on any atom is -0.358 e. The molecule has 0 aromatic carbocycles. The van der Waals surface area contributed by atoms with Gasteiger partial charge < -0.3 is 9.80 Å². The van der Waals surface area contributed by atoms with E-state index in [2.05, 4.69) is 37.9 Å². The summed E-state index contributed by atoms with van der Waals surface area (Å²) < 4.78 is 0. The van der Waals surface area contributed by atoms with Crippen LogP contribution in [-0.4, -0.2) is 34.5 Å². The molecule has 1 rings (SSSR count). The second kappa shape index (κ2) is 6.67. The molecular weight excluding hydrogens is 212 g/mol. The summed E-state index contributed by atoms with van der Waals surface area (Å²) in [5.41, 5.74) is 0. The quantitative estimate of drug-likeness (QED) is 0.751. The summed E-state index contributed by atoms with van der Waals surface area (Å²) >= 11 is 0. The first-order valence-corrected chi connectivity index (χ1v) is 6.81. The van der Waals surface area contributed by atoms with Crippen LogP contribution in [0.1, 0.15) is 53.4 Å². The number of carbonyl (C=O) groups is 1. The zero-order chi connectivity index (χ0) is 12.8. The van der Waals surface area contributed by atoms with E-state index >= 15 is 0 Å². The maximum absolute atomic E-state index is 12.0. The zero-order valence-electron chi connectivity index (χ0n) is 11.6. The summed E-state index contributed by atoms with van der Waals surface area (Å²) in [5, 5.41) is 0. The van der Waals surface area contributed by atoms with Crippen molar-refractivity contribution in [2.75, 3.05) is 6.54 Å². The SMILES string of the molecule is CCC(=O)N(C(C)C)C(C)N1C=CCCCC1. The fourth-order valence-corrected chi connectivity index (χ4v) is 2.42. The fraction of sp³-hybridized carbons (Fsp3) is 0.786. The van der Waals surface area contributed by atoms with Gasteiger partial charge in [0.25, 0.3) is 0 Å². The van der Waals surface area contributed by atoms with Gasteiger partial charge in [-0.25, -0.2) is 0 Å². The lowest BCUT2D eigenvalue weighted by atomic mass is 10.2. The average Bonchev–Trinajstić information content (AvgIpc) is 2.56. The molecule has 1 unspecified atom stereocenters. The highest BCUT2D eigenvalue weighted by Crippen LogP contribution is 2.16. The smallest absolute Gasteiger partial charge is 0.224 e. The standard InChI is InChI=1S/C14H26N2O/c1-5-14(17)16(12(2)3)13(4)15-10-8-6-7-9-11-15/h8,10,12-13H,5-7,9,11H2,1-4H3. The van der Waals surface area contributed by atoms with Crippen molar-refractivity contribution in [3.63, 3.8) is 0 Å². The lowest BCUT2D eigenvalue weighted by Crippen LogP contribution is -2.50. The van der Waals surface area contributed by atoms with Crippen molar-refractivity contribution >= 4 is 5.91 Å². The van der Waals surface area contributed by atoms with Crippen molar-refractivity contribution < 1.29 is 4.79 Å². The maximum atomic E-state index is 12.0. The van der Waals surface area contributed by atoms with Crippen molar-refractivity contribution in [2.24, 2.45) is 0 Å². The fourth-order valence-electron chi connectivity index (χ4n) is 2.42. The Morgan fingerprint density at radius 3 is 2.65 bits per heavy atom. The minimum absolute atomic E-state index is 0.164. The molecule has 0 spiro atoms. The number of hydrogen-bond donors (Lipinski definition) is 0. The Bertz CT molecular complexity index is 273. The van der Waals surface area contributed by atoms with E-state index in [0.717, 1.165) is 13.0 Å². The molecule has 0 aromatic heterocycles. The van der Waals surface area contributed by atoms with Gasteiger partial charge in [0.15, 0.2) is 0 Å². The summed E-state index contributed by atoms with van der Waals surface area (Å²) in [6.07, 6.45) is 8.75. The van der Waals surface area contributed by atoms with Gasteiger partial charge in [-0.1, -0.05) is 13.0 Å². The third kappa shape index (κ3) is 3.76. The van der Waals surface area contributed by atoms with Crippen molar-refractivity contribution in [3.05, 3.63) is 12.3 Å². The van der Waals surface area contributed by atoms with Crippen molar-refractivity contribution in [1.82, 2.24) is 9.80 Å². The summed E-state index contributed by atoms with van der Waals surface area (Å²) in [7, 11) is 0. The predicted octanol–water partition coefficient (Wildman–Crippen LogP) is 2.98. The molecule has 1 aliphatic rings. The minimum atomic E-state index is 0.164. The van der Waals surface area contributed by atoms with Gasteiger partial charge in [-0.05, 0) is 46.2 Å². The summed E-state index contributed by atoms with van der Waals surface area (Å²) in [6, 6.07) is 0.258. The zero-order valence-corrected chi connectivity index (χ0v) is 11.6. The van der Waals surface area contributed by atoms with Crippen LogP contribution in [0.3, 0.4) is 0 Å². The van der Waals surface area contributed by atoms with E-state index in [0.29, 0.717) is 6.42 Å². The normalized spacial score (nSPS) is 18.1. The number of carbonyl (C=O) groups excluding carboxylic acids is 1. The van der Waals surface area contributed by atoms with E-state index in [9.17, 15) is 4.79 Å². The molecule has 3 nitrogen and oxygen atoms in total. The second-order valence-corrected chi connectivity index (χ2v) is 5.00. The lowest BCUT2D eigenvalue weighted by Gasteiger charge is -2.39. The van der Waals surface area contributed by atoms with Gasteiger partial charge in [-0.15, -0.1) is 0 Å². The van der Waals surface area contributed by atoms with Gasteiger partial charge in [-0.2, -0.15) is 0 Å². The van der Waals surface area contributed by atoms with Gasteiger partial charge in [0, 0.05) is 19.0 Å².